The lowest BCUT2D eigenvalue weighted by molar-refractivity contribution is 0.102. The van der Waals surface area contributed by atoms with Crippen molar-refractivity contribution in [3.63, 3.8) is 0 Å². The van der Waals surface area contributed by atoms with Crippen LogP contribution in [-0.2, 0) is 0 Å². The van der Waals surface area contributed by atoms with E-state index in [0.29, 0.717) is 22.0 Å². The molecular formula is C16H15BrClNO2. The first-order chi connectivity index (χ1) is 9.95. The number of carbonyl (C=O) groups excluding carboxylic acids is 1. The number of anilines is 1. The van der Waals surface area contributed by atoms with Gasteiger partial charge < -0.3 is 10.1 Å². The Morgan fingerprint density at radius 1 is 1.24 bits per heavy atom. The van der Waals surface area contributed by atoms with Crippen LogP contribution in [0.4, 0.5) is 5.69 Å². The molecular weight excluding hydrogens is 354 g/mol. The minimum Gasteiger partial charge on any atom is -0.490 e. The van der Waals surface area contributed by atoms with Gasteiger partial charge in [-0.25, -0.2) is 0 Å². The molecule has 2 aromatic rings. The Bertz CT molecular complexity index is 658. The van der Waals surface area contributed by atoms with Crippen LogP contribution in [0.15, 0.2) is 46.9 Å². The third-order valence-corrected chi connectivity index (χ3v) is 3.49. The number of hydrogen-bond acceptors (Lipinski definition) is 2. The van der Waals surface area contributed by atoms with Crippen LogP contribution in [0.5, 0.6) is 5.75 Å². The molecule has 0 spiro atoms. The van der Waals surface area contributed by atoms with Gasteiger partial charge in [-0.05, 0) is 66.2 Å². The van der Waals surface area contributed by atoms with Crippen LogP contribution < -0.4 is 10.1 Å². The summed E-state index contributed by atoms with van der Waals surface area (Å²) in [7, 11) is 0. The zero-order valence-electron chi connectivity index (χ0n) is 11.7. The molecule has 110 valence electrons. The maximum atomic E-state index is 12.2. The number of rotatable bonds is 4. The smallest absolute Gasteiger partial charge is 0.255 e. The van der Waals surface area contributed by atoms with Gasteiger partial charge in [-0.15, -0.1) is 0 Å². The molecule has 5 heteroatoms. The van der Waals surface area contributed by atoms with E-state index in [1.165, 1.54) is 0 Å². The molecule has 0 aliphatic carbocycles. The van der Waals surface area contributed by atoms with E-state index in [-0.39, 0.29) is 12.0 Å². The zero-order valence-corrected chi connectivity index (χ0v) is 14.0. The second-order valence-electron chi connectivity index (χ2n) is 4.78. The van der Waals surface area contributed by atoms with Crippen LogP contribution in [-0.4, -0.2) is 12.0 Å². The molecule has 0 aromatic heterocycles. The monoisotopic (exact) mass is 367 g/mol. The summed E-state index contributed by atoms with van der Waals surface area (Å²) in [6, 6.07) is 12.3. The molecule has 0 fully saturated rings. The van der Waals surface area contributed by atoms with E-state index in [2.05, 4.69) is 21.2 Å². The SMILES string of the molecule is CC(C)Oc1ccc(C(=O)Nc2cccc(Cl)c2)cc1Br. The van der Waals surface area contributed by atoms with Gasteiger partial charge in [0.25, 0.3) is 5.91 Å². The molecule has 0 atom stereocenters. The fraction of sp³-hybridized carbons (Fsp3) is 0.188. The summed E-state index contributed by atoms with van der Waals surface area (Å²) >= 11 is 9.31. The molecule has 2 aromatic carbocycles. The molecule has 0 bridgehead atoms. The Kier molecular flexibility index (Phi) is 5.26. The van der Waals surface area contributed by atoms with E-state index in [9.17, 15) is 4.79 Å². The lowest BCUT2D eigenvalue weighted by Gasteiger charge is -2.12. The second-order valence-corrected chi connectivity index (χ2v) is 6.07. The average molecular weight is 369 g/mol. The molecule has 0 heterocycles. The Morgan fingerprint density at radius 2 is 2.00 bits per heavy atom. The third kappa shape index (κ3) is 4.48. The van der Waals surface area contributed by atoms with Gasteiger partial charge in [0.15, 0.2) is 0 Å². The summed E-state index contributed by atoms with van der Waals surface area (Å²) in [6.45, 7) is 3.90. The third-order valence-electron chi connectivity index (χ3n) is 2.64. The Morgan fingerprint density at radius 3 is 2.62 bits per heavy atom. The average Bonchev–Trinajstić information content (AvgIpc) is 2.40. The van der Waals surface area contributed by atoms with Crippen molar-refractivity contribution in [1.82, 2.24) is 0 Å². The Balaban J connectivity index is 2.14. The summed E-state index contributed by atoms with van der Waals surface area (Å²) in [5.74, 6) is 0.512. The molecule has 2 rings (SSSR count). The largest absolute Gasteiger partial charge is 0.490 e. The molecule has 0 unspecified atom stereocenters. The highest BCUT2D eigenvalue weighted by atomic mass is 79.9. The van der Waals surface area contributed by atoms with Crippen LogP contribution in [0.25, 0.3) is 0 Å². The van der Waals surface area contributed by atoms with E-state index in [0.717, 1.165) is 4.47 Å². The van der Waals surface area contributed by atoms with Gasteiger partial charge in [0.2, 0.25) is 0 Å². The number of hydrogen-bond donors (Lipinski definition) is 1. The van der Waals surface area contributed by atoms with Crippen LogP contribution in [0.3, 0.4) is 0 Å². The number of ether oxygens (including phenoxy) is 1. The summed E-state index contributed by atoms with van der Waals surface area (Å²) in [5.41, 5.74) is 1.20. The highest BCUT2D eigenvalue weighted by Gasteiger charge is 2.10. The van der Waals surface area contributed by atoms with E-state index < -0.39 is 0 Å². The van der Waals surface area contributed by atoms with Crippen LogP contribution in [0.1, 0.15) is 24.2 Å². The van der Waals surface area contributed by atoms with Crippen molar-refractivity contribution >= 4 is 39.1 Å². The van der Waals surface area contributed by atoms with Crippen molar-refractivity contribution in [2.75, 3.05) is 5.32 Å². The van der Waals surface area contributed by atoms with Crippen molar-refractivity contribution in [3.05, 3.63) is 57.5 Å². The minimum absolute atomic E-state index is 0.0763. The van der Waals surface area contributed by atoms with Crippen molar-refractivity contribution in [2.24, 2.45) is 0 Å². The highest BCUT2D eigenvalue weighted by Crippen LogP contribution is 2.27. The van der Waals surface area contributed by atoms with E-state index in [1.807, 2.05) is 13.8 Å². The zero-order chi connectivity index (χ0) is 15.4. The van der Waals surface area contributed by atoms with Crippen molar-refractivity contribution in [1.29, 1.82) is 0 Å². The molecule has 0 saturated carbocycles. The number of amides is 1. The summed E-state index contributed by atoms with van der Waals surface area (Å²) in [4.78, 5) is 12.2. The topological polar surface area (TPSA) is 38.3 Å². The maximum absolute atomic E-state index is 12.2. The quantitative estimate of drug-likeness (QED) is 0.811. The van der Waals surface area contributed by atoms with Crippen LogP contribution in [0.2, 0.25) is 5.02 Å². The lowest BCUT2D eigenvalue weighted by Crippen LogP contribution is -2.12. The predicted molar refractivity (Wildman–Crippen MR) is 89.3 cm³/mol. The molecule has 0 aliphatic rings. The van der Waals surface area contributed by atoms with E-state index >= 15 is 0 Å². The van der Waals surface area contributed by atoms with Crippen molar-refractivity contribution < 1.29 is 9.53 Å². The molecule has 1 amide bonds. The highest BCUT2D eigenvalue weighted by molar-refractivity contribution is 9.10. The standard InChI is InChI=1S/C16H15BrClNO2/c1-10(2)21-15-7-6-11(8-14(15)17)16(20)19-13-5-3-4-12(18)9-13/h3-10H,1-2H3,(H,19,20). The van der Waals surface area contributed by atoms with Gasteiger partial charge in [-0.3, -0.25) is 4.79 Å². The number of carbonyl (C=O) groups is 1. The first kappa shape index (κ1) is 15.9. The van der Waals surface area contributed by atoms with Crippen LogP contribution in [0, 0.1) is 0 Å². The second kappa shape index (κ2) is 6.96. The van der Waals surface area contributed by atoms with Gasteiger partial charge >= 0.3 is 0 Å². The molecule has 1 N–H and O–H groups in total. The lowest BCUT2D eigenvalue weighted by atomic mass is 10.2. The van der Waals surface area contributed by atoms with Crippen molar-refractivity contribution in [2.45, 2.75) is 20.0 Å². The number of nitrogens with one attached hydrogen (secondary N) is 1. The van der Waals surface area contributed by atoms with Gasteiger partial charge in [0.1, 0.15) is 5.75 Å². The van der Waals surface area contributed by atoms with Gasteiger partial charge in [0, 0.05) is 16.3 Å². The summed E-state index contributed by atoms with van der Waals surface area (Å²) < 4.78 is 6.36. The normalized spacial score (nSPS) is 10.5. The van der Waals surface area contributed by atoms with Gasteiger partial charge in [0.05, 0.1) is 10.6 Å². The predicted octanol–water partition coefficient (Wildman–Crippen LogP) is 5.14. The molecule has 0 radical (unpaired) electrons. The Hall–Kier alpha value is -1.52. The number of halogens is 2. The fourth-order valence-corrected chi connectivity index (χ4v) is 2.42. The molecule has 3 nitrogen and oxygen atoms in total. The molecule has 21 heavy (non-hydrogen) atoms. The summed E-state index contributed by atoms with van der Waals surface area (Å²) in [5, 5.41) is 3.38. The fourth-order valence-electron chi connectivity index (χ4n) is 1.76. The van der Waals surface area contributed by atoms with Gasteiger partial charge in [-0.1, -0.05) is 17.7 Å². The number of benzene rings is 2. The molecule has 0 saturated heterocycles. The van der Waals surface area contributed by atoms with Crippen molar-refractivity contribution in [3.8, 4) is 5.75 Å². The van der Waals surface area contributed by atoms with E-state index in [4.69, 9.17) is 16.3 Å². The minimum atomic E-state index is -0.200. The summed E-state index contributed by atoms with van der Waals surface area (Å²) in [6.07, 6.45) is 0.0763. The van der Waals surface area contributed by atoms with Crippen LogP contribution >= 0.6 is 27.5 Å². The first-order valence-electron chi connectivity index (χ1n) is 6.49. The van der Waals surface area contributed by atoms with E-state index in [1.54, 1.807) is 42.5 Å². The first-order valence-corrected chi connectivity index (χ1v) is 7.66. The molecule has 0 aliphatic heterocycles. The van der Waals surface area contributed by atoms with Gasteiger partial charge in [-0.2, -0.15) is 0 Å². The Labute approximate surface area is 137 Å². The maximum Gasteiger partial charge on any atom is 0.255 e.